The lowest BCUT2D eigenvalue weighted by Gasteiger charge is -2.23. The van der Waals surface area contributed by atoms with E-state index in [9.17, 15) is 18.3 Å². The summed E-state index contributed by atoms with van der Waals surface area (Å²) in [6.07, 6.45) is 0. The number of nitrogens with zero attached hydrogens (tertiary/aromatic N) is 1. The molecule has 0 amide bonds. The van der Waals surface area contributed by atoms with Gasteiger partial charge in [0.2, 0.25) is 10.0 Å². The normalized spacial score (nSPS) is 11.5. The molecule has 0 heterocycles. The van der Waals surface area contributed by atoms with E-state index in [0.717, 1.165) is 11.1 Å². The van der Waals surface area contributed by atoms with E-state index >= 15 is 0 Å². The van der Waals surface area contributed by atoms with Crippen LogP contribution in [0.5, 0.6) is 0 Å². The SMILES string of the molecule is Cc1ccc(S(=O)(=O)N(Cc2ccccc2)Cc2ccccc2)cc1C(=O)O. The van der Waals surface area contributed by atoms with E-state index in [0.29, 0.717) is 5.56 Å². The van der Waals surface area contributed by atoms with Gasteiger partial charge in [0.15, 0.2) is 0 Å². The highest BCUT2D eigenvalue weighted by Crippen LogP contribution is 2.23. The zero-order valence-corrected chi connectivity index (χ0v) is 16.3. The highest BCUT2D eigenvalue weighted by atomic mass is 32.2. The second kappa shape index (κ2) is 8.37. The molecule has 28 heavy (non-hydrogen) atoms. The molecule has 0 aliphatic heterocycles. The zero-order valence-electron chi connectivity index (χ0n) is 15.4. The molecule has 0 fully saturated rings. The molecule has 5 nitrogen and oxygen atoms in total. The highest BCUT2D eigenvalue weighted by molar-refractivity contribution is 7.89. The van der Waals surface area contributed by atoms with Crippen molar-refractivity contribution in [3.05, 3.63) is 101 Å². The minimum absolute atomic E-state index is 0.0135. The van der Waals surface area contributed by atoms with Crippen molar-refractivity contribution < 1.29 is 18.3 Å². The second-order valence-electron chi connectivity index (χ2n) is 6.53. The Morgan fingerprint density at radius 3 is 1.82 bits per heavy atom. The molecule has 1 N–H and O–H groups in total. The number of sulfonamides is 1. The monoisotopic (exact) mass is 395 g/mol. The molecule has 0 aliphatic carbocycles. The van der Waals surface area contributed by atoms with E-state index in [4.69, 9.17) is 0 Å². The van der Waals surface area contributed by atoms with E-state index in [2.05, 4.69) is 0 Å². The minimum Gasteiger partial charge on any atom is -0.478 e. The van der Waals surface area contributed by atoms with Crippen molar-refractivity contribution in [3.63, 3.8) is 0 Å². The van der Waals surface area contributed by atoms with Crippen LogP contribution in [0.4, 0.5) is 0 Å². The summed E-state index contributed by atoms with van der Waals surface area (Å²) in [5, 5.41) is 9.36. The van der Waals surface area contributed by atoms with E-state index in [-0.39, 0.29) is 23.5 Å². The molecule has 144 valence electrons. The summed E-state index contributed by atoms with van der Waals surface area (Å²) in [5.74, 6) is -1.15. The van der Waals surface area contributed by atoms with Crippen molar-refractivity contribution in [2.24, 2.45) is 0 Å². The number of carboxylic acids is 1. The smallest absolute Gasteiger partial charge is 0.335 e. The molecule has 0 spiro atoms. The molecular weight excluding hydrogens is 374 g/mol. The van der Waals surface area contributed by atoms with Crippen LogP contribution in [0, 0.1) is 6.92 Å². The first-order valence-corrected chi connectivity index (χ1v) is 10.2. The molecule has 0 atom stereocenters. The quantitative estimate of drug-likeness (QED) is 0.654. The van der Waals surface area contributed by atoms with Gasteiger partial charge in [0.1, 0.15) is 0 Å². The Balaban J connectivity index is 2.02. The summed E-state index contributed by atoms with van der Waals surface area (Å²) in [6.45, 7) is 2.02. The van der Waals surface area contributed by atoms with Gasteiger partial charge in [0, 0.05) is 13.1 Å². The summed E-state index contributed by atoms with van der Waals surface area (Å²) >= 11 is 0. The molecule has 3 aromatic carbocycles. The van der Waals surface area contributed by atoms with Gasteiger partial charge >= 0.3 is 5.97 Å². The Hall–Kier alpha value is -2.96. The van der Waals surface area contributed by atoms with Gasteiger partial charge in [-0.1, -0.05) is 66.7 Å². The first-order valence-electron chi connectivity index (χ1n) is 8.80. The number of benzene rings is 3. The van der Waals surface area contributed by atoms with Crippen LogP contribution in [-0.2, 0) is 23.1 Å². The Morgan fingerprint density at radius 2 is 1.36 bits per heavy atom. The first-order chi connectivity index (χ1) is 13.4. The molecule has 0 saturated heterocycles. The molecule has 0 aromatic heterocycles. The fourth-order valence-corrected chi connectivity index (χ4v) is 4.38. The molecule has 0 unspecified atom stereocenters. The molecule has 0 saturated carbocycles. The molecule has 0 radical (unpaired) electrons. The molecule has 0 aliphatic rings. The second-order valence-corrected chi connectivity index (χ2v) is 8.46. The number of hydrogen-bond acceptors (Lipinski definition) is 3. The van der Waals surface area contributed by atoms with Gasteiger partial charge in [-0.05, 0) is 35.7 Å². The van der Waals surface area contributed by atoms with Gasteiger partial charge in [0.25, 0.3) is 0 Å². The number of rotatable bonds is 7. The van der Waals surface area contributed by atoms with Gasteiger partial charge in [-0.2, -0.15) is 4.31 Å². The van der Waals surface area contributed by atoms with Crippen LogP contribution >= 0.6 is 0 Å². The van der Waals surface area contributed by atoms with Crippen LogP contribution in [-0.4, -0.2) is 23.8 Å². The fraction of sp³-hybridized carbons (Fsp3) is 0.136. The molecule has 6 heteroatoms. The Bertz CT molecular complexity index is 1020. The number of carboxylic acid groups (broad SMARTS) is 1. The third-order valence-corrected chi connectivity index (χ3v) is 6.27. The molecular formula is C22H21NO4S. The average Bonchev–Trinajstić information content (AvgIpc) is 2.69. The Morgan fingerprint density at radius 1 is 0.857 bits per heavy atom. The average molecular weight is 395 g/mol. The zero-order chi connectivity index (χ0) is 20.1. The van der Waals surface area contributed by atoms with Crippen molar-refractivity contribution in [1.82, 2.24) is 4.31 Å². The summed E-state index contributed by atoms with van der Waals surface area (Å²) in [5.41, 5.74) is 2.21. The summed E-state index contributed by atoms with van der Waals surface area (Å²) in [7, 11) is -3.90. The lowest BCUT2D eigenvalue weighted by Crippen LogP contribution is -2.30. The maximum Gasteiger partial charge on any atom is 0.335 e. The largest absolute Gasteiger partial charge is 0.478 e. The van der Waals surface area contributed by atoms with Gasteiger partial charge < -0.3 is 5.11 Å². The fourth-order valence-electron chi connectivity index (χ4n) is 2.94. The van der Waals surface area contributed by atoms with Crippen molar-refractivity contribution >= 4 is 16.0 Å². The number of aromatic carboxylic acids is 1. The highest BCUT2D eigenvalue weighted by Gasteiger charge is 2.26. The summed E-state index contributed by atoms with van der Waals surface area (Å²) in [6, 6.07) is 22.9. The summed E-state index contributed by atoms with van der Waals surface area (Å²) in [4.78, 5) is 11.4. The van der Waals surface area contributed by atoms with E-state index in [1.165, 1.54) is 22.5 Å². The predicted molar refractivity (Wildman–Crippen MR) is 107 cm³/mol. The van der Waals surface area contributed by atoms with Crippen LogP contribution in [0.2, 0.25) is 0 Å². The predicted octanol–water partition coefficient (Wildman–Crippen LogP) is 4.08. The van der Waals surface area contributed by atoms with Gasteiger partial charge in [0.05, 0.1) is 10.5 Å². The molecule has 3 aromatic rings. The maximum absolute atomic E-state index is 13.4. The van der Waals surface area contributed by atoms with Crippen molar-refractivity contribution in [1.29, 1.82) is 0 Å². The van der Waals surface area contributed by atoms with Crippen molar-refractivity contribution in [3.8, 4) is 0 Å². The standard InChI is InChI=1S/C22H21NO4S/c1-17-12-13-20(14-21(17)22(24)25)28(26,27)23(15-18-8-4-2-5-9-18)16-19-10-6-3-7-11-19/h2-14H,15-16H2,1H3,(H,24,25). The third kappa shape index (κ3) is 4.47. The van der Waals surface area contributed by atoms with E-state index in [1.807, 2.05) is 60.7 Å². The van der Waals surface area contributed by atoms with Crippen LogP contribution in [0.1, 0.15) is 27.0 Å². The first kappa shape index (κ1) is 19.8. The van der Waals surface area contributed by atoms with Crippen LogP contribution in [0.15, 0.2) is 83.8 Å². The number of hydrogen-bond donors (Lipinski definition) is 1. The Kier molecular flexibility index (Phi) is 5.92. The van der Waals surface area contributed by atoms with Crippen LogP contribution < -0.4 is 0 Å². The Labute approximate surface area is 164 Å². The van der Waals surface area contributed by atoms with Gasteiger partial charge in [-0.3, -0.25) is 0 Å². The third-order valence-electron chi connectivity index (χ3n) is 4.48. The summed E-state index contributed by atoms with van der Waals surface area (Å²) < 4.78 is 28.1. The molecule has 0 bridgehead atoms. The number of carbonyl (C=O) groups is 1. The number of aryl methyl sites for hydroxylation is 1. The maximum atomic E-state index is 13.4. The lowest BCUT2D eigenvalue weighted by atomic mass is 10.1. The van der Waals surface area contributed by atoms with Crippen molar-refractivity contribution in [2.45, 2.75) is 24.9 Å². The van der Waals surface area contributed by atoms with Crippen molar-refractivity contribution in [2.75, 3.05) is 0 Å². The van der Waals surface area contributed by atoms with Gasteiger partial charge in [-0.15, -0.1) is 0 Å². The lowest BCUT2D eigenvalue weighted by molar-refractivity contribution is 0.0696. The van der Waals surface area contributed by atoms with Gasteiger partial charge in [-0.25, -0.2) is 13.2 Å². The topological polar surface area (TPSA) is 74.7 Å². The van der Waals surface area contributed by atoms with E-state index < -0.39 is 16.0 Å². The minimum atomic E-state index is -3.90. The molecule has 3 rings (SSSR count). The van der Waals surface area contributed by atoms with Crippen LogP contribution in [0.25, 0.3) is 0 Å². The van der Waals surface area contributed by atoms with Crippen LogP contribution in [0.3, 0.4) is 0 Å². The van der Waals surface area contributed by atoms with E-state index in [1.54, 1.807) is 6.92 Å².